The molecule has 0 bridgehead atoms. The molecular weight excluding hydrogens is 350 g/mol. The van der Waals surface area contributed by atoms with E-state index in [4.69, 9.17) is 9.47 Å². The first-order valence-corrected chi connectivity index (χ1v) is 8.77. The number of fused-ring (bicyclic) bond motifs is 1. The number of nitrogens with one attached hydrogen (secondary N) is 2. The molecule has 0 spiro atoms. The van der Waals surface area contributed by atoms with Crippen LogP contribution in [0.2, 0.25) is 0 Å². The van der Waals surface area contributed by atoms with Gasteiger partial charge in [0.15, 0.2) is 5.78 Å². The maximum absolute atomic E-state index is 12.4. The monoisotopic (exact) mass is 371 g/mol. The summed E-state index contributed by atoms with van der Waals surface area (Å²) in [5.74, 6) is -1.37. The van der Waals surface area contributed by atoms with Gasteiger partial charge in [-0.05, 0) is 43.5 Å². The molecule has 142 valence electrons. The first-order valence-electron chi connectivity index (χ1n) is 8.77. The van der Waals surface area contributed by atoms with Crippen molar-refractivity contribution < 1.29 is 23.9 Å². The van der Waals surface area contributed by atoms with Crippen LogP contribution in [0.4, 0.5) is 5.69 Å². The average Bonchev–Trinajstić information content (AvgIpc) is 2.70. The molecule has 2 unspecified atom stereocenters. The Balaban J connectivity index is 1.52. The number of carbonyl (C=O) groups is 3. The van der Waals surface area contributed by atoms with Gasteiger partial charge in [-0.1, -0.05) is 6.42 Å². The van der Waals surface area contributed by atoms with E-state index in [0.717, 1.165) is 25.7 Å². The zero-order chi connectivity index (χ0) is 19.2. The van der Waals surface area contributed by atoms with Crippen molar-refractivity contribution in [1.82, 2.24) is 5.43 Å². The number of allylic oxidation sites excluding steroid dienone is 1. The van der Waals surface area contributed by atoms with E-state index in [1.165, 1.54) is 19.6 Å². The lowest BCUT2D eigenvalue weighted by Gasteiger charge is -2.33. The van der Waals surface area contributed by atoms with Crippen molar-refractivity contribution in [3.8, 4) is 5.75 Å². The zero-order valence-corrected chi connectivity index (χ0v) is 14.9. The Bertz CT molecular complexity index is 785. The van der Waals surface area contributed by atoms with Crippen LogP contribution in [-0.2, 0) is 19.1 Å². The van der Waals surface area contributed by atoms with Gasteiger partial charge in [-0.25, -0.2) is 5.43 Å². The quantitative estimate of drug-likeness (QED) is 0.477. The molecule has 1 aliphatic carbocycles. The van der Waals surface area contributed by atoms with Crippen LogP contribution in [0.3, 0.4) is 0 Å². The number of ketones is 1. The number of rotatable bonds is 4. The maximum Gasteiger partial charge on any atom is 0.329 e. The summed E-state index contributed by atoms with van der Waals surface area (Å²) in [6.45, 7) is 0. The number of amides is 2. The van der Waals surface area contributed by atoms with Gasteiger partial charge in [0.25, 0.3) is 0 Å². The predicted octanol–water partition coefficient (Wildman–Crippen LogP) is 1.78. The number of benzene rings is 1. The summed E-state index contributed by atoms with van der Waals surface area (Å²) < 4.78 is 10.6. The summed E-state index contributed by atoms with van der Waals surface area (Å²) in [5.41, 5.74) is 2.84. The highest BCUT2D eigenvalue weighted by atomic mass is 16.5. The van der Waals surface area contributed by atoms with E-state index in [2.05, 4.69) is 15.8 Å². The first kappa shape index (κ1) is 18.6. The fourth-order valence-corrected chi connectivity index (χ4v) is 3.16. The van der Waals surface area contributed by atoms with Gasteiger partial charge in [0, 0.05) is 5.69 Å². The number of hydrogen-bond acceptors (Lipinski definition) is 6. The summed E-state index contributed by atoms with van der Waals surface area (Å²) in [4.78, 5) is 36.1. The molecule has 2 atom stereocenters. The molecule has 3 rings (SSSR count). The minimum Gasteiger partial charge on any atom is -0.497 e. The molecule has 0 radical (unpaired) electrons. The molecule has 2 N–H and O–H groups in total. The van der Waals surface area contributed by atoms with Crippen LogP contribution < -0.4 is 15.5 Å². The van der Waals surface area contributed by atoms with Crippen molar-refractivity contribution in [1.29, 1.82) is 0 Å². The van der Waals surface area contributed by atoms with Crippen LogP contribution in [0.5, 0.6) is 5.75 Å². The molecule has 1 heterocycles. The molecule has 0 aromatic heterocycles. The molecule has 2 aliphatic rings. The third-order valence-electron chi connectivity index (χ3n) is 4.62. The van der Waals surface area contributed by atoms with Crippen LogP contribution in [0.15, 0.2) is 41.2 Å². The molecule has 1 fully saturated rings. The number of ether oxygens (including phenoxy) is 2. The molecule has 1 saturated carbocycles. The molecule has 0 saturated heterocycles. The summed E-state index contributed by atoms with van der Waals surface area (Å²) in [6, 6.07) is 6.53. The largest absolute Gasteiger partial charge is 0.497 e. The Kier molecular flexibility index (Phi) is 5.85. The Morgan fingerprint density at radius 2 is 1.93 bits per heavy atom. The van der Waals surface area contributed by atoms with Crippen molar-refractivity contribution in [3.63, 3.8) is 0 Å². The molecule has 2 amide bonds. The standard InChI is InChI=1S/C19H21N3O5/c1-26-14-8-6-13(7-9-14)21-18(24)19(25)22-20-10-12-11-27-16-5-3-2-4-15(16)17(12)23/h6-11,15-16H,2-5H2,1H3,(H,21,24)(H,22,25)/b20-10+. The minimum absolute atomic E-state index is 0.0355. The van der Waals surface area contributed by atoms with Crippen LogP contribution >= 0.6 is 0 Å². The highest BCUT2D eigenvalue weighted by Crippen LogP contribution is 2.32. The Hall–Kier alpha value is -3.16. The predicted molar refractivity (Wildman–Crippen MR) is 98.2 cm³/mol. The third-order valence-corrected chi connectivity index (χ3v) is 4.62. The molecular formula is C19H21N3O5. The molecule has 27 heavy (non-hydrogen) atoms. The van der Waals surface area contributed by atoms with Crippen LogP contribution in [0.1, 0.15) is 25.7 Å². The maximum atomic E-state index is 12.4. The number of Topliss-reactive ketones (excluding diaryl/α,β-unsaturated/α-hetero) is 1. The number of carbonyl (C=O) groups excluding carboxylic acids is 3. The van der Waals surface area contributed by atoms with Gasteiger partial charge in [-0.2, -0.15) is 5.10 Å². The SMILES string of the molecule is COc1ccc(NC(=O)C(=O)N/N=C/C2=COC3CCCCC3C2=O)cc1. The van der Waals surface area contributed by atoms with Gasteiger partial charge in [-0.3, -0.25) is 14.4 Å². The van der Waals surface area contributed by atoms with Crippen molar-refractivity contribution >= 4 is 29.5 Å². The Morgan fingerprint density at radius 1 is 1.19 bits per heavy atom. The second-order valence-corrected chi connectivity index (χ2v) is 6.38. The van der Waals surface area contributed by atoms with Crippen molar-refractivity contribution in [2.75, 3.05) is 12.4 Å². The van der Waals surface area contributed by atoms with Gasteiger partial charge in [0.2, 0.25) is 0 Å². The van der Waals surface area contributed by atoms with Gasteiger partial charge < -0.3 is 14.8 Å². The van der Waals surface area contributed by atoms with Gasteiger partial charge in [0.1, 0.15) is 11.9 Å². The first-order chi connectivity index (χ1) is 13.1. The zero-order valence-electron chi connectivity index (χ0n) is 14.9. The minimum atomic E-state index is -0.942. The van der Waals surface area contributed by atoms with E-state index < -0.39 is 11.8 Å². The number of nitrogens with zero attached hydrogens (tertiary/aromatic N) is 1. The van der Waals surface area contributed by atoms with E-state index in [9.17, 15) is 14.4 Å². The fraction of sp³-hybridized carbons (Fsp3) is 0.368. The van der Waals surface area contributed by atoms with E-state index in [1.54, 1.807) is 24.3 Å². The molecule has 8 heteroatoms. The lowest BCUT2D eigenvalue weighted by Crippen LogP contribution is -2.37. The average molecular weight is 371 g/mol. The van der Waals surface area contributed by atoms with Crippen LogP contribution in [0.25, 0.3) is 0 Å². The van der Waals surface area contributed by atoms with E-state index in [-0.39, 0.29) is 23.4 Å². The van der Waals surface area contributed by atoms with Crippen molar-refractivity contribution in [3.05, 3.63) is 36.1 Å². The lowest BCUT2D eigenvalue weighted by molar-refractivity contribution is -0.136. The second-order valence-electron chi connectivity index (χ2n) is 6.38. The van der Waals surface area contributed by atoms with E-state index in [0.29, 0.717) is 11.4 Å². The summed E-state index contributed by atoms with van der Waals surface area (Å²) in [7, 11) is 1.53. The van der Waals surface area contributed by atoms with Gasteiger partial charge in [0.05, 0.1) is 31.1 Å². The highest BCUT2D eigenvalue weighted by Gasteiger charge is 2.36. The Morgan fingerprint density at radius 3 is 2.67 bits per heavy atom. The lowest BCUT2D eigenvalue weighted by atomic mass is 9.80. The highest BCUT2D eigenvalue weighted by molar-refractivity contribution is 6.39. The van der Waals surface area contributed by atoms with E-state index in [1.807, 2.05) is 0 Å². The summed E-state index contributed by atoms with van der Waals surface area (Å²) in [5, 5.41) is 6.14. The van der Waals surface area contributed by atoms with Gasteiger partial charge >= 0.3 is 11.8 Å². The Labute approximate surface area is 156 Å². The normalized spacial score (nSPS) is 21.7. The van der Waals surface area contributed by atoms with Crippen LogP contribution in [0, 0.1) is 5.92 Å². The number of hydrazone groups is 1. The molecule has 1 aromatic carbocycles. The molecule has 1 aliphatic heterocycles. The van der Waals surface area contributed by atoms with Crippen molar-refractivity contribution in [2.45, 2.75) is 31.8 Å². The fourth-order valence-electron chi connectivity index (χ4n) is 3.16. The third kappa shape index (κ3) is 4.52. The summed E-state index contributed by atoms with van der Waals surface area (Å²) in [6.07, 6.45) is 6.26. The van der Waals surface area contributed by atoms with E-state index >= 15 is 0 Å². The number of hydrogen-bond donors (Lipinski definition) is 2. The van der Waals surface area contributed by atoms with Crippen molar-refractivity contribution in [2.24, 2.45) is 11.0 Å². The summed E-state index contributed by atoms with van der Waals surface area (Å²) >= 11 is 0. The second kappa shape index (κ2) is 8.48. The molecule has 8 nitrogen and oxygen atoms in total. The number of anilines is 1. The topological polar surface area (TPSA) is 106 Å². The van der Waals surface area contributed by atoms with Crippen LogP contribution in [-0.4, -0.2) is 37.0 Å². The van der Waals surface area contributed by atoms with Gasteiger partial charge in [-0.15, -0.1) is 0 Å². The smallest absolute Gasteiger partial charge is 0.329 e. The molecule has 1 aromatic rings. The number of methoxy groups -OCH3 is 1.